The number of rotatable bonds is 3. The van der Waals surface area contributed by atoms with Gasteiger partial charge in [0.2, 0.25) is 0 Å². The second kappa shape index (κ2) is 4.60. The number of hydrogen-bond donors (Lipinski definition) is 0. The summed E-state index contributed by atoms with van der Waals surface area (Å²) in [5, 5.41) is 14.8. The van der Waals surface area contributed by atoms with Gasteiger partial charge < -0.3 is 4.53 Å². The molecular weight excluding hydrogens is 224 g/mol. The van der Waals surface area contributed by atoms with Gasteiger partial charge in [-0.2, -0.15) is 5.26 Å². The third kappa shape index (κ3) is 3.50. The van der Waals surface area contributed by atoms with Gasteiger partial charge in [-0.1, -0.05) is 0 Å². The van der Waals surface area contributed by atoms with Crippen molar-refractivity contribution in [2.75, 3.05) is 0 Å². The maximum atomic E-state index is 8.85. The molecule has 0 bridgehead atoms. The molecule has 1 rings (SSSR count). The van der Waals surface area contributed by atoms with Crippen LogP contribution in [0.5, 0.6) is 0 Å². The van der Waals surface area contributed by atoms with Crippen LogP contribution in [0.4, 0.5) is 0 Å². The lowest BCUT2D eigenvalue weighted by Crippen LogP contribution is -2.22. The molecule has 1 aromatic rings. The Morgan fingerprint density at radius 1 is 1.53 bits per heavy atom. The van der Waals surface area contributed by atoms with Gasteiger partial charge in [-0.05, 0) is 38.0 Å². The Morgan fingerprint density at radius 3 is 2.73 bits per heavy atom. The van der Waals surface area contributed by atoms with Crippen molar-refractivity contribution in [1.29, 1.82) is 5.26 Å². The third-order valence-corrected chi connectivity index (χ3v) is 3.23. The Hall–Kier alpha value is -1.12. The number of nitrogens with zero attached hydrogens (tertiary/aromatic N) is 2. The first-order chi connectivity index (χ1) is 6.94. The lowest BCUT2D eigenvalue weighted by atomic mass is 10.2. The monoisotopic (exact) mass is 238 g/mol. The molecule has 0 aliphatic carbocycles. The predicted molar refractivity (Wildman–Crippen MR) is 65.7 cm³/mol. The highest BCUT2D eigenvalue weighted by molar-refractivity contribution is 7.12. The average Bonchev–Trinajstić information content (AvgIpc) is 2.60. The summed E-state index contributed by atoms with van der Waals surface area (Å²) in [6.45, 7) is 8.09. The van der Waals surface area contributed by atoms with Crippen molar-refractivity contribution in [1.82, 2.24) is 0 Å². The highest BCUT2D eigenvalue weighted by atomic mass is 32.1. The Morgan fingerprint density at radius 2 is 2.20 bits per heavy atom. The van der Waals surface area contributed by atoms with Crippen molar-refractivity contribution in [3.8, 4) is 6.07 Å². The molecule has 0 fully saturated rings. The van der Waals surface area contributed by atoms with Crippen molar-refractivity contribution in [2.24, 2.45) is 5.16 Å². The standard InChI is InChI=1S/C10H14N2OSSi/c1-8(12-13-15(2,3)4)10-9(7-11)5-6-14-10/h5-6H,1-4H3. The van der Waals surface area contributed by atoms with Gasteiger partial charge in [-0.25, -0.2) is 0 Å². The van der Waals surface area contributed by atoms with E-state index < -0.39 is 8.32 Å². The van der Waals surface area contributed by atoms with E-state index in [4.69, 9.17) is 9.79 Å². The fourth-order valence-corrected chi connectivity index (χ4v) is 2.12. The highest BCUT2D eigenvalue weighted by Crippen LogP contribution is 2.17. The van der Waals surface area contributed by atoms with Crippen molar-refractivity contribution in [2.45, 2.75) is 26.6 Å². The number of hydrogen-bond acceptors (Lipinski definition) is 4. The Labute approximate surface area is 95.1 Å². The molecule has 0 saturated heterocycles. The molecule has 5 heteroatoms. The van der Waals surface area contributed by atoms with Gasteiger partial charge >= 0.3 is 0 Å². The van der Waals surface area contributed by atoms with E-state index in [1.54, 1.807) is 6.07 Å². The summed E-state index contributed by atoms with van der Waals surface area (Å²) >= 11 is 1.51. The van der Waals surface area contributed by atoms with Gasteiger partial charge in [0.25, 0.3) is 8.32 Å². The number of oxime groups is 1. The van der Waals surface area contributed by atoms with E-state index >= 15 is 0 Å². The highest BCUT2D eigenvalue weighted by Gasteiger charge is 2.16. The molecule has 0 unspecified atom stereocenters. The van der Waals surface area contributed by atoms with E-state index in [9.17, 15) is 0 Å². The Kier molecular flexibility index (Phi) is 3.66. The average molecular weight is 238 g/mol. The molecule has 0 aliphatic rings. The topological polar surface area (TPSA) is 45.4 Å². The zero-order chi connectivity index (χ0) is 11.5. The maximum absolute atomic E-state index is 8.85. The molecule has 3 nitrogen and oxygen atoms in total. The van der Waals surface area contributed by atoms with Gasteiger partial charge in [0, 0.05) is 0 Å². The first-order valence-electron chi connectivity index (χ1n) is 4.65. The molecule has 15 heavy (non-hydrogen) atoms. The maximum Gasteiger partial charge on any atom is 0.278 e. The van der Waals surface area contributed by atoms with E-state index in [1.165, 1.54) is 11.3 Å². The lowest BCUT2D eigenvalue weighted by Gasteiger charge is -2.13. The van der Waals surface area contributed by atoms with Crippen LogP contribution < -0.4 is 0 Å². The second-order valence-corrected chi connectivity index (χ2v) is 9.48. The Bertz CT molecular complexity index is 412. The van der Waals surface area contributed by atoms with Gasteiger partial charge in [0.15, 0.2) is 0 Å². The Balaban J connectivity index is 2.86. The second-order valence-electron chi connectivity index (χ2n) is 4.16. The minimum Gasteiger partial charge on any atom is -0.455 e. The zero-order valence-corrected chi connectivity index (χ0v) is 11.2. The largest absolute Gasteiger partial charge is 0.455 e. The van der Waals surface area contributed by atoms with E-state index in [-0.39, 0.29) is 0 Å². The van der Waals surface area contributed by atoms with Gasteiger partial charge in [0.1, 0.15) is 6.07 Å². The van der Waals surface area contributed by atoms with Crippen LogP contribution in [0, 0.1) is 11.3 Å². The SMILES string of the molecule is CC(=NO[Si](C)(C)C)c1sccc1C#N. The number of nitriles is 1. The first-order valence-corrected chi connectivity index (χ1v) is 8.93. The van der Waals surface area contributed by atoms with Crippen LogP contribution in [0.15, 0.2) is 16.6 Å². The molecule has 0 amide bonds. The molecule has 80 valence electrons. The molecule has 0 atom stereocenters. The summed E-state index contributed by atoms with van der Waals surface area (Å²) in [5.41, 5.74) is 1.45. The molecule has 1 aromatic heterocycles. The summed E-state index contributed by atoms with van der Waals surface area (Å²) in [6.07, 6.45) is 0. The predicted octanol–water partition coefficient (Wildman–Crippen LogP) is 3.20. The zero-order valence-electron chi connectivity index (χ0n) is 9.37. The number of thiophene rings is 1. The summed E-state index contributed by atoms with van der Waals surface area (Å²) in [4.78, 5) is 0.899. The molecule has 0 N–H and O–H groups in total. The molecule has 0 saturated carbocycles. The molecule has 0 aliphatic heterocycles. The molecular formula is C10H14N2OSSi. The van der Waals surface area contributed by atoms with Crippen molar-refractivity contribution < 1.29 is 4.53 Å². The first kappa shape index (κ1) is 11.9. The van der Waals surface area contributed by atoms with Crippen molar-refractivity contribution in [3.05, 3.63) is 21.9 Å². The van der Waals surface area contributed by atoms with Crippen LogP contribution in [0.2, 0.25) is 19.6 Å². The van der Waals surface area contributed by atoms with Gasteiger partial charge in [0.05, 0.1) is 16.2 Å². The van der Waals surface area contributed by atoms with Crippen molar-refractivity contribution >= 4 is 25.4 Å². The quantitative estimate of drug-likeness (QED) is 0.461. The van der Waals surface area contributed by atoms with Crippen LogP contribution in [0.1, 0.15) is 17.4 Å². The summed E-state index contributed by atoms with van der Waals surface area (Å²) in [7, 11) is -1.63. The van der Waals surface area contributed by atoms with E-state index in [0.717, 1.165) is 10.6 Å². The van der Waals surface area contributed by atoms with E-state index in [2.05, 4.69) is 30.9 Å². The van der Waals surface area contributed by atoms with Crippen LogP contribution in [-0.2, 0) is 4.53 Å². The fourth-order valence-electron chi connectivity index (χ4n) is 0.924. The van der Waals surface area contributed by atoms with E-state index in [0.29, 0.717) is 5.56 Å². The van der Waals surface area contributed by atoms with Crippen LogP contribution in [0.3, 0.4) is 0 Å². The van der Waals surface area contributed by atoms with Crippen LogP contribution >= 0.6 is 11.3 Å². The smallest absolute Gasteiger partial charge is 0.278 e. The van der Waals surface area contributed by atoms with Gasteiger partial charge in [-0.15, -0.1) is 16.5 Å². The lowest BCUT2D eigenvalue weighted by molar-refractivity contribution is 0.335. The van der Waals surface area contributed by atoms with Crippen LogP contribution in [0.25, 0.3) is 0 Å². The van der Waals surface area contributed by atoms with E-state index in [1.807, 2.05) is 12.3 Å². The normalized spacial score (nSPS) is 12.3. The summed E-state index contributed by atoms with van der Waals surface area (Å²) in [6, 6.07) is 3.94. The molecule has 0 radical (unpaired) electrons. The molecule has 0 aromatic carbocycles. The molecule has 1 heterocycles. The molecule has 0 spiro atoms. The fraction of sp³-hybridized carbons (Fsp3) is 0.400. The minimum absolute atomic E-state index is 0.667. The summed E-state index contributed by atoms with van der Waals surface area (Å²) in [5.74, 6) is 0. The minimum atomic E-state index is -1.63. The van der Waals surface area contributed by atoms with Crippen LogP contribution in [-0.4, -0.2) is 14.0 Å². The summed E-state index contributed by atoms with van der Waals surface area (Å²) < 4.78 is 5.44. The van der Waals surface area contributed by atoms with Crippen molar-refractivity contribution in [3.63, 3.8) is 0 Å². The van der Waals surface area contributed by atoms with Gasteiger partial charge in [-0.3, -0.25) is 0 Å². The third-order valence-electron chi connectivity index (χ3n) is 1.57.